The SMILES string of the molecule is O=CN1Cc2cccnc2Nc2ccc(N3CCCC3)cc21. The largest absolute Gasteiger partial charge is 0.371 e. The fraction of sp³-hybridized carbons (Fsp3) is 0.294. The molecule has 112 valence electrons. The monoisotopic (exact) mass is 294 g/mol. The van der Waals surface area contributed by atoms with Crippen molar-refractivity contribution in [1.29, 1.82) is 0 Å². The Hall–Kier alpha value is -2.56. The lowest BCUT2D eigenvalue weighted by molar-refractivity contribution is -0.107. The normalized spacial score (nSPS) is 16.5. The summed E-state index contributed by atoms with van der Waals surface area (Å²) in [5, 5.41) is 3.35. The standard InChI is InChI=1S/C17H18N4O/c22-12-21-11-13-4-3-7-18-17(13)19-15-6-5-14(10-16(15)21)20-8-1-2-9-20/h3-7,10,12H,1-2,8-9,11H2,(H,18,19). The van der Waals surface area contributed by atoms with Crippen molar-refractivity contribution in [2.75, 3.05) is 28.2 Å². The summed E-state index contributed by atoms with van der Waals surface area (Å²) in [4.78, 5) is 20.1. The molecule has 0 bridgehead atoms. The number of carbonyl (C=O) groups is 1. The van der Waals surface area contributed by atoms with Crippen molar-refractivity contribution >= 4 is 29.3 Å². The van der Waals surface area contributed by atoms with Crippen LogP contribution in [0.3, 0.4) is 0 Å². The van der Waals surface area contributed by atoms with Crippen molar-refractivity contribution in [1.82, 2.24) is 4.98 Å². The van der Waals surface area contributed by atoms with Gasteiger partial charge in [-0.2, -0.15) is 0 Å². The van der Waals surface area contributed by atoms with Crippen LogP contribution < -0.4 is 15.1 Å². The molecule has 4 rings (SSSR count). The zero-order chi connectivity index (χ0) is 14.9. The molecule has 0 saturated carbocycles. The van der Waals surface area contributed by atoms with Crippen molar-refractivity contribution in [2.24, 2.45) is 0 Å². The Morgan fingerprint density at radius 1 is 1.18 bits per heavy atom. The maximum atomic E-state index is 11.6. The molecule has 0 aliphatic carbocycles. The number of hydrogen-bond acceptors (Lipinski definition) is 4. The number of benzene rings is 1. The maximum Gasteiger partial charge on any atom is 0.214 e. The molecule has 1 fully saturated rings. The van der Waals surface area contributed by atoms with Crippen LogP contribution in [0.5, 0.6) is 0 Å². The van der Waals surface area contributed by atoms with E-state index in [1.54, 1.807) is 11.1 Å². The van der Waals surface area contributed by atoms with E-state index in [0.717, 1.165) is 42.3 Å². The van der Waals surface area contributed by atoms with E-state index in [-0.39, 0.29) is 0 Å². The van der Waals surface area contributed by atoms with Gasteiger partial charge in [-0.25, -0.2) is 4.98 Å². The molecule has 0 radical (unpaired) electrons. The van der Waals surface area contributed by atoms with Crippen LogP contribution in [0.2, 0.25) is 0 Å². The zero-order valence-electron chi connectivity index (χ0n) is 12.3. The number of amides is 1. The minimum atomic E-state index is 0.538. The van der Waals surface area contributed by atoms with Crippen LogP contribution in [0.1, 0.15) is 18.4 Å². The van der Waals surface area contributed by atoms with Crippen LogP contribution in [-0.2, 0) is 11.3 Å². The number of rotatable bonds is 2. The van der Waals surface area contributed by atoms with Gasteiger partial charge in [0, 0.05) is 30.5 Å². The minimum absolute atomic E-state index is 0.538. The first-order valence-electron chi connectivity index (χ1n) is 7.67. The van der Waals surface area contributed by atoms with Crippen LogP contribution in [0.15, 0.2) is 36.5 Å². The van der Waals surface area contributed by atoms with Crippen LogP contribution in [0, 0.1) is 0 Å². The zero-order valence-corrected chi connectivity index (χ0v) is 12.3. The molecule has 1 amide bonds. The highest BCUT2D eigenvalue weighted by Crippen LogP contribution is 2.37. The smallest absolute Gasteiger partial charge is 0.214 e. The average molecular weight is 294 g/mol. The highest BCUT2D eigenvalue weighted by atomic mass is 16.1. The van der Waals surface area contributed by atoms with E-state index in [1.165, 1.54) is 18.5 Å². The summed E-state index contributed by atoms with van der Waals surface area (Å²) in [5.74, 6) is 0.821. The molecule has 1 aromatic carbocycles. The molecular weight excluding hydrogens is 276 g/mol. The third-order valence-corrected chi connectivity index (χ3v) is 4.37. The quantitative estimate of drug-likeness (QED) is 0.865. The highest BCUT2D eigenvalue weighted by Gasteiger charge is 2.21. The predicted octanol–water partition coefficient (Wildman–Crippen LogP) is 2.90. The Bertz CT molecular complexity index is 710. The molecule has 0 unspecified atom stereocenters. The fourth-order valence-corrected chi connectivity index (χ4v) is 3.20. The van der Waals surface area contributed by atoms with Crippen LogP contribution in [0.25, 0.3) is 0 Å². The predicted molar refractivity (Wildman–Crippen MR) is 87.7 cm³/mol. The molecule has 3 heterocycles. The molecule has 2 aliphatic heterocycles. The topological polar surface area (TPSA) is 48.5 Å². The number of aromatic nitrogens is 1. The molecule has 2 aromatic rings. The third-order valence-electron chi connectivity index (χ3n) is 4.37. The summed E-state index contributed by atoms with van der Waals surface area (Å²) in [6, 6.07) is 10.2. The Balaban J connectivity index is 1.77. The molecule has 0 spiro atoms. The van der Waals surface area contributed by atoms with Crippen molar-refractivity contribution in [3.05, 3.63) is 42.1 Å². The Morgan fingerprint density at radius 2 is 2.05 bits per heavy atom. The third kappa shape index (κ3) is 2.19. The summed E-state index contributed by atoms with van der Waals surface area (Å²) in [5.41, 5.74) is 4.04. The molecule has 2 aliphatic rings. The van der Waals surface area contributed by atoms with Gasteiger partial charge in [-0.05, 0) is 37.1 Å². The second kappa shape index (κ2) is 5.33. The van der Waals surface area contributed by atoms with E-state index >= 15 is 0 Å². The van der Waals surface area contributed by atoms with Gasteiger partial charge in [0.2, 0.25) is 6.41 Å². The Kier molecular flexibility index (Phi) is 3.18. The van der Waals surface area contributed by atoms with Gasteiger partial charge >= 0.3 is 0 Å². The summed E-state index contributed by atoms with van der Waals surface area (Å²) in [6.45, 7) is 2.72. The van der Waals surface area contributed by atoms with E-state index in [9.17, 15) is 4.79 Å². The van der Waals surface area contributed by atoms with Crippen LogP contribution >= 0.6 is 0 Å². The summed E-state index contributed by atoms with van der Waals surface area (Å²) in [7, 11) is 0. The molecule has 1 aromatic heterocycles. The molecule has 5 nitrogen and oxygen atoms in total. The summed E-state index contributed by atoms with van der Waals surface area (Å²) in [6.07, 6.45) is 5.14. The van der Waals surface area contributed by atoms with Gasteiger partial charge < -0.3 is 15.1 Å². The van der Waals surface area contributed by atoms with Crippen molar-refractivity contribution < 1.29 is 4.79 Å². The van der Waals surface area contributed by atoms with Crippen molar-refractivity contribution in [3.63, 3.8) is 0 Å². The highest BCUT2D eigenvalue weighted by molar-refractivity contribution is 5.89. The average Bonchev–Trinajstić information content (AvgIpc) is 3.03. The van der Waals surface area contributed by atoms with E-state index in [2.05, 4.69) is 27.3 Å². The van der Waals surface area contributed by atoms with Gasteiger partial charge in [0.05, 0.1) is 17.9 Å². The number of nitrogens with one attached hydrogen (secondary N) is 1. The van der Waals surface area contributed by atoms with E-state index in [1.807, 2.05) is 18.2 Å². The lowest BCUT2D eigenvalue weighted by Gasteiger charge is -2.22. The van der Waals surface area contributed by atoms with Gasteiger partial charge in [0.1, 0.15) is 5.82 Å². The number of anilines is 4. The second-order valence-electron chi connectivity index (χ2n) is 5.77. The van der Waals surface area contributed by atoms with Crippen LogP contribution in [-0.4, -0.2) is 24.5 Å². The van der Waals surface area contributed by atoms with E-state index in [0.29, 0.717) is 6.54 Å². The molecule has 0 atom stereocenters. The van der Waals surface area contributed by atoms with Crippen LogP contribution in [0.4, 0.5) is 22.9 Å². The van der Waals surface area contributed by atoms with Crippen molar-refractivity contribution in [3.8, 4) is 0 Å². The Labute approximate surface area is 129 Å². The number of pyridine rings is 1. The lowest BCUT2D eigenvalue weighted by atomic mass is 10.2. The van der Waals surface area contributed by atoms with Gasteiger partial charge in [-0.15, -0.1) is 0 Å². The first-order chi connectivity index (χ1) is 10.8. The summed E-state index contributed by atoms with van der Waals surface area (Å²) >= 11 is 0. The van der Waals surface area contributed by atoms with Gasteiger partial charge in [0.15, 0.2) is 0 Å². The first-order valence-corrected chi connectivity index (χ1v) is 7.67. The van der Waals surface area contributed by atoms with Gasteiger partial charge in [-0.3, -0.25) is 4.79 Å². The molecule has 22 heavy (non-hydrogen) atoms. The molecule has 5 heteroatoms. The van der Waals surface area contributed by atoms with Crippen molar-refractivity contribution in [2.45, 2.75) is 19.4 Å². The summed E-state index contributed by atoms with van der Waals surface area (Å²) < 4.78 is 0. The first kappa shape index (κ1) is 13.1. The lowest BCUT2D eigenvalue weighted by Crippen LogP contribution is -2.21. The minimum Gasteiger partial charge on any atom is -0.371 e. The van der Waals surface area contributed by atoms with Gasteiger partial charge in [-0.1, -0.05) is 6.07 Å². The number of fused-ring (bicyclic) bond motifs is 2. The van der Waals surface area contributed by atoms with E-state index in [4.69, 9.17) is 0 Å². The van der Waals surface area contributed by atoms with E-state index < -0.39 is 0 Å². The molecular formula is C17H18N4O. The maximum absolute atomic E-state index is 11.6. The molecule has 1 saturated heterocycles. The molecule has 1 N–H and O–H groups in total. The second-order valence-corrected chi connectivity index (χ2v) is 5.77. The number of nitrogens with zero attached hydrogens (tertiary/aromatic N) is 3. The number of carbonyl (C=O) groups excluding carboxylic acids is 1. The fourth-order valence-electron chi connectivity index (χ4n) is 3.20. The number of hydrogen-bond donors (Lipinski definition) is 1. The van der Waals surface area contributed by atoms with Gasteiger partial charge in [0.25, 0.3) is 0 Å². The Morgan fingerprint density at radius 3 is 2.86 bits per heavy atom.